The first-order valence-electron chi connectivity index (χ1n) is 9.86. The fraction of sp³-hybridized carbons (Fsp3) is 0.0833. The van der Waals surface area contributed by atoms with E-state index in [1.807, 2.05) is 18.2 Å². The molecule has 0 fully saturated rings. The van der Waals surface area contributed by atoms with Gasteiger partial charge in [-0.3, -0.25) is 4.79 Å². The summed E-state index contributed by atoms with van der Waals surface area (Å²) in [6.07, 6.45) is 1.61. The van der Waals surface area contributed by atoms with Crippen molar-refractivity contribution in [2.45, 2.75) is 6.54 Å². The molecule has 9 heteroatoms. The Morgan fingerprint density at radius 2 is 1.82 bits per heavy atom. The van der Waals surface area contributed by atoms with E-state index in [1.54, 1.807) is 65.4 Å². The van der Waals surface area contributed by atoms with E-state index in [0.717, 1.165) is 5.56 Å². The molecule has 4 aromatic rings. The summed E-state index contributed by atoms with van der Waals surface area (Å²) in [5.41, 5.74) is 1.47. The molecule has 0 amide bonds. The predicted molar refractivity (Wildman–Crippen MR) is 124 cm³/mol. The van der Waals surface area contributed by atoms with Crippen LogP contribution in [0.3, 0.4) is 0 Å². The average Bonchev–Trinajstić information content (AvgIpc) is 2.83. The zero-order valence-electron chi connectivity index (χ0n) is 17.5. The molecule has 2 heterocycles. The number of nitriles is 1. The fourth-order valence-corrected chi connectivity index (χ4v) is 3.14. The van der Waals surface area contributed by atoms with E-state index in [9.17, 15) is 4.79 Å². The minimum absolute atomic E-state index is 0.144. The van der Waals surface area contributed by atoms with Crippen molar-refractivity contribution in [3.8, 4) is 23.4 Å². The van der Waals surface area contributed by atoms with Crippen molar-refractivity contribution < 1.29 is 9.47 Å². The smallest absolute Gasteiger partial charge is 0.316 e. The Balaban J connectivity index is 1.56. The van der Waals surface area contributed by atoms with Gasteiger partial charge >= 0.3 is 5.56 Å². The van der Waals surface area contributed by atoms with Crippen LogP contribution in [-0.4, -0.2) is 21.6 Å². The summed E-state index contributed by atoms with van der Waals surface area (Å²) in [6, 6.07) is 21.4. The van der Waals surface area contributed by atoms with Crippen molar-refractivity contribution >= 4 is 23.2 Å². The van der Waals surface area contributed by atoms with Gasteiger partial charge in [-0.2, -0.15) is 10.2 Å². The normalized spacial score (nSPS) is 10.3. The molecule has 0 saturated heterocycles. The molecule has 0 saturated carbocycles. The van der Waals surface area contributed by atoms with Gasteiger partial charge in [0, 0.05) is 16.8 Å². The first kappa shape index (κ1) is 21.9. The molecule has 4 rings (SSSR count). The van der Waals surface area contributed by atoms with Crippen molar-refractivity contribution in [1.29, 1.82) is 5.26 Å². The first-order chi connectivity index (χ1) is 16.0. The fourth-order valence-electron chi connectivity index (χ4n) is 3.01. The lowest BCUT2D eigenvalue weighted by molar-refractivity contribution is 0.402. The number of aromatic nitrogens is 3. The molecule has 1 N–H and O–H groups in total. The van der Waals surface area contributed by atoms with E-state index in [-0.39, 0.29) is 11.4 Å². The summed E-state index contributed by atoms with van der Waals surface area (Å²) in [5.74, 6) is 1.37. The van der Waals surface area contributed by atoms with Crippen LogP contribution < -0.4 is 20.3 Å². The Kier molecular flexibility index (Phi) is 6.53. The van der Waals surface area contributed by atoms with Crippen LogP contribution in [0.1, 0.15) is 11.3 Å². The van der Waals surface area contributed by atoms with E-state index in [2.05, 4.69) is 15.3 Å². The number of hydrogen-bond donors (Lipinski definition) is 1. The molecule has 0 unspecified atom stereocenters. The van der Waals surface area contributed by atoms with Crippen LogP contribution in [0.25, 0.3) is 0 Å². The molecule has 33 heavy (non-hydrogen) atoms. The van der Waals surface area contributed by atoms with Gasteiger partial charge in [0.1, 0.15) is 17.5 Å². The zero-order chi connectivity index (χ0) is 23.2. The SMILES string of the molecule is COc1cn(Cc2ccc(Cl)cc2)c(Nc2ccc(Oc3cccc(C#N)n3)cc2)nc1=O. The zero-order valence-corrected chi connectivity index (χ0v) is 18.3. The quantitative estimate of drug-likeness (QED) is 0.425. The number of methoxy groups -OCH3 is 1. The molecule has 2 aromatic carbocycles. The highest BCUT2D eigenvalue weighted by Gasteiger charge is 2.11. The summed E-state index contributed by atoms with van der Waals surface area (Å²) in [7, 11) is 1.43. The van der Waals surface area contributed by atoms with Gasteiger partial charge < -0.3 is 19.4 Å². The summed E-state index contributed by atoms with van der Waals surface area (Å²) in [6.45, 7) is 0.450. The lowest BCUT2D eigenvalue weighted by Gasteiger charge is -2.15. The number of pyridine rings is 1. The molecule has 8 nitrogen and oxygen atoms in total. The van der Waals surface area contributed by atoms with Gasteiger partial charge in [-0.15, -0.1) is 0 Å². The molecular formula is C24H18ClN5O3. The molecule has 0 aliphatic carbocycles. The van der Waals surface area contributed by atoms with Crippen LogP contribution >= 0.6 is 11.6 Å². The van der Waals surface area contributed by atoms with Crippen LogP contribution in [0.2, 0.25) is 5.02 Å². The van der Waals surface area contributed by atoms with E-state index in [0.29, 0.717) is 34.8 Å². The maximum absolute atomic E-state index is 12.3. The predicted octanol–water partition coefficient (Wildman–Crippen LogP) is 4.76. The van der Waals surface area contributed by atoms with Crippen LogP contribution in [0.15, 0.2) is 77.7 Å². The lowest BCUT2D eigenvalue weighted by atomic mass is 10.2. The molecule has 2 aromatic heterocycles. The van der Waals surface area contributed by atoms with Gasteiger partial charge in [-0.1, -0.05) is 29.8 Å². The Bertz CT molecular complexity index is 1360. The molecule has 164 valence electrons. The van der Waals surface area contributed by atoms with Gasteiger partial charge in [0.15, 0.2) is 0 Å². The highest BCUT2D eigenvalue weighted by molar-refractivity contribution is 6.30. The second kappa shape index (κ2) is 9.85. The number of halogens is 1. The topological polar surface area (TPSA) is 102 Å². The van der Waals surface area contributed by atoms with Crippen molar-refractivity contribution in [1.82, 2.24) is 14.5 Å². The summed E-state index contributed by atoms with van der Waals surface area (Å²) >= 11 is 5.98. The van der Waals surface area contributed by atoms with Crippen LogP contribution in [0.5, 0.6) is 17.4 Å². The molecule has 0 radical (unpaired) electrons. The summed E-state index contributed by atoms with van der Waals surface area (Å²) in [5, 5.41) is 12.8. The average molecular weight is 460 g/mol. The maximum atomic E-state index is 12.3. The van der Waals surface area contributed by atoms with Gasteiger partial charge in [0.05, 0.1) is 19.9 Å². The maximum Gasteiger partial charge on any atom is 0.316 e. The first-order valence-corrected chi connectivity index (χ1v) is 10.2. The van der Waals surface area contributed by atoms with Crippen LogP contribution in [0, 0.1) is 11.3 Å². The molecule has 0 bridgehead atoms. The van der Waals surface area contributed by atoms with Gasteiger partial charge in [0.2, 0.25) is 17.6 Å². The van der Waals surface area contributed by atoms with Crippen molar-refractivity contribution in [2.24, 2.45) is 0 Å². The van der Waals surface area contributed by atoms with E-state index >= 15 is 0 Å². The highest BCUT2D eigenvalue weighted by Crippen LogP contribution is 2.24. The van der Waals surface area contributed by atoms with Gasteiger partial charge in [0.25, 0.3) is 0 Å². The second-order valence-corrected chi connectivity index (χ2v) is 7.35. The minimum atomic E-state index is -0.476. The van der Waals surface area contributed by atoms with Gasteiger partial charge in [-0.05, 0) is 48.0 Å². The van der Waals surface area contributed by atoms with Crippen LogP contribution in [0.4, 0.5) is 11.6 Å². The number of ether oxygens (including phenoxy) is 2. The van der Waals surface area contributed by atoms with E-state index in [4.69, 9.17) is 26.3 Å². The molecule has 0 atom stereocenters. The molecule has 0 aliphatic heterocycles. The number of hydrogen-bond acceptors (Lipinski definition) is 7. The molecular weight excluding hydrogens is 442 g/mol. The second-order valence-electron chi connectivity index (χ2n) is 6.92. The standard InChI is InChI=1S/C24H18ClN5O3/c1-32-21-15-30(14-16-5-7-17(25)8-6-16)24(29-23(21)31)28-18-9-11-20(12-10-18)33-22-4-2-3-19(13-26)27-22/h2-12,15H,14H2,1H3,(H,28,29,31). The monoisotopic (exact) mass is 459 g/mol. The molecule has 0 spiro atoms. The highest BCUT2D eigenvalue weighted by atomic mass is 35.5. The molecule has 0 aliphatic rings. The number of nitrogens with one attached hydrogen (secondary N) is 1. The van der Waals surface area contributed by atoms with E-state index < -0.39 is 5.56 Å². The number of nitrogens with zero attached hydrogens (tertiary/aromatic N) is 4. The third kappa shape index (κ3) is 5.47. The largest absolute Gasteiger partial charge is 0.490 e. The Morgan fingerprint density at radius 1 is 1.06 bits per heavy atom. The van der Waals surface area contributed by atoms with Crippen LogP contribution in [-0.2, 0) is 6.54 Å². The van der Waals surface area contributed by atoms with Gasteiger partial charge in [-0.25, -0.2) is 4.98 Å². The number of benzene rings is 2. The summed E-state index contributed by atoms with van der Waals surface area (Å²) in [4.78, 5) is 20.5. The lowest BCUT2D eigenvalue weighted by Crippen LogP contribution is -2.18. The van der Waals surface area contributed by atoms with Crippen molar-refractivity contribution in [3.63, 3.8) is 0 Å². The third-order valence-corrected chi connectivity index (χ3v) is 4.87. The number of anilines is 2. The third-order valence-electron chi connectivity index (χ3n) is 4.62. The number of rotatable bonds is 7. The Labute approximate surface area is 194 Å². The minimum Gasteiger partial charge on any atom is -0.490 e. The Morgan fingerprint density at radius 3 is 2.52 bits per heavy atom. The van der Waals surface area contributed by atoms with Crippen molar-refractivity contribution in [2.75, 3.05) is 12.4 Å². The van der Waals surface area contributed by atoms with E-state index in [1.165, 1.54) is 7.11 Å². The summed E-state index contributed by atoms with van der Waals surface area (Å²) < 4.78 is 12.6. The Hall–Kier alpha value is -4.35. The van der Waals surface area contributed by atoms with Crippen molar-refractivity contribution in [3.05, 3.63) is 99.6 Å².